The van der Waals surface area contributed by atoms with Gasteiger partial charge < -0.3 is 10.1 Å². The highest BCUT2D eigenvalue weighted by Gasteiger charge is 2.07. The molecule has 0 aliphatic carbocycles. The quantitative estimate of drug-likeness (QED) is 0.925. The third-order valence-corrected chi connectivity index (χ3v) is 2.69. The zero-order chi connectivity index (χ0) is 13.8. The lowest BCUT2D eigenvalue weighted by Crippen LogP contribution is -1.98. The molecule has 1 heterocycles. The Morgan fingerprint density at radius 3 is 2.74 bits per heavy atom. The van der Waals surface area contributed by atoms with Crippen molar-refractivity contribution in [1.82, 2.24) is 10.2 Å². The Labute approximate surface area is 119 Å². The van der Waals surface area contributed by atoms with Gasteiger partial charge in [-0.25, -0.2) is 4.39 Å². The number of rotatable bonds is 4. The van der Waals surface area contributed by atoms with Crippen LogP contribution in [0.4, 0.5) is 15.8 Å². The summed E-state index contributed by atoms with van der Waals surface area (Å²) in [6.07, 6.45) is 0. The first-order chi connectivity index (χ1) is 9.10. The minimum Gasteiger partial charge on any atom is -0.491 e. The fourth-order valence-corrected chi connectivity index (χ4v) is 1.73. The van der Waals surface area contributed by atoms with E-state index in [0.29, 0.717) is 18.0 Å². The van der Waals surface area contributed by atoms with Crippen molar-refractivity contribution in [2.24, 2.45) is 0 Å². The number of ether oxygens (including phenoxy) is 1. The third kappa shape index (κ3) is 3.45. The van der Waals surface area contributed by atoms with Gasteiger partial charge in [0.05, 0.1) is 12.3 Å². The van der Waals surface area contributed by atoms with E-state index in [1.54, 1.807) is 13.0 Å². The summed E-state index contributed by atoms with van der Waals surface area (Å²) in [5.41, 5.74) is 0.956. The van der Waals surface area contributed by atoms with Gasteiger partial charge in [0.15, 0.2) is 21.9 Å². The van der Waals surface area contributed by atoms with Crippen molar-refractivity contribution in [2.75, 3.05) is 11.9 Å². The van der Waals surface area contributed by atoms with Crippen LogP contribution in [0.3, 0.4) is 0 Å². The Balaban J connectivity index is 2.24. The number of nitrogens with zero attached hydrogens (tertiary/aromatic N) is 2. The Hall–Kier alpha value is -1.59. The van der Waals surface area contributed by atoms with Crippen molar-refractivity contribution in [1.29, 1.82) is 0 Å². The van der Waals surface area contributed by atoms with Gasteiger partial charge in [0.2, 0.25) is 0 Å². The normalized spacial score (nSPS) is 10.3. The lowest BCUT2D eigenvalue weighted by atomic mass is 10.2. The van der Waals surface area contributed by atoms with Gasteiger partial charge in [-0.15, -0.1) is 10.2 Å². The van der Waals surface area contributed by atoms with Gasteiger partial charge >= 0.3 is 0 Å². The predicted molar refractivity (Wildman–Crippen MR) is 72.9 cm³/mol. The molecule has 2 rings (SSSR count). The molecule has 19 heavy (non-hydrogen) atoms. The fourth-order valence-electron chi connectivity index (χ4n) is 1.45. The number of anilines is 2. The van der Waals surface area contributed by atoms with E-state index in [-0.39, 0.29) is 16.1 Å². The van der Waals surface area contributed by atoms with Gasteiger partial charge in [-0.1, -0.05) is 23.2 Å². The molecule has 1 N–H and O–H groups in total. The molecule has 0 saturated carbocycles. The maximum absolute atomic E-state index is 13.7. The molecule has 0 bridgehead atoms. The Morgan fingerprint density at radius 1 is 1.26 bits per heavy atom. The molecule has 0 unspecified atom stereocenters. The number of hydrogen-bond acceptors (Lipinski definition) is 4. The van der Waals surface area contributed by atoms with Gasteiger partial charge in [-0.05, 0) is 19.1 Å². The van der Waals surface area contributed by atoms with E-state index in [2.05, 4.69) is 15.5 Å². The van der Waals surface area contributed by atoms with Crippen LogP contribution in [0.15, 0.2) is 24.3 Å². The highest BCUT2D eigenvalue weighted by molar-refractivity contribution is 6.33. The zero-order valence-corrected chi connectivity index (χ0v) is 11.5. The van der Waals surface area contributed by atoms with Gasteiger partial charge in [0.25, 0.3) is 0 Å². The first kappa shape index (κ1) is 13.8. The Kier molecular flexibility index (Phi) is 4.39. The number of hydrogen-bond donors (Lipinski definition) is 1. The van der Waals surface area contributed by atoms with Crippen LogP contribution >= 0.6 is 23.2 Å². The molecule has 2 aromatic rings. The third-order valence-electron chi connectivity index (χ3n) is 2.23. The van der Waals surface area contributed by atoms with Crippen LogP contribution in [0.2, 0.25) is 10.3 Å². The van der Waals surface area contributed by atoms with E-state index in [1.807, 2.05) is 0 Å². The van der Waals surface area contributed by atoms with Gasteiger partial charge in [0, 0.05) is 17.8 Å². The molecule has 7 heteroatoms. The highest BCUT2D eigenvalue weighted by atomic mass is 35.5. The van der Waals surface area contributed by atoms with Crippen molar-refractivity contribution >= 4 is 34.6 Å². The minimum absolute atomic E-state index is 0.152. The second-order valence-corrected chi connectivity index (χ2v) is 4.32. The Bertz CT molecular complexity index is 595. The molecule has 0 saturated heterocycles. The molecule has 0 amide bonds. The van der Waals surface area contributed by atoms with Crippen LogP contribution < -0.4 is 10.1 Å². The van der Waals surface area contributed by atoms with Crippen molar-refractivity contribution < 1.29 is 9.13 Å². The number of nitrogens with one attached hydrogen (secondary N) is 1. The zero-order valence-electron chi connectivity index (χ0n) is 9.95. The predicted octanol–water partition coefficient (Wildman–Crippen LogP) is 4.06. The average molecular weight is 302 g/mol. The van der Waals surface area contributed by atoms with E-state index < -0.39 is 5.82 Å². The van der Waals surface area contributed by atoms with E-state index in [4.69, 9.17) is 27.9 Å². The summed E-state index contributed by atoms with van der Waals surface area (Å²) in [6, 6.07) is 6.00. The molecule has 0 atom stereocenters. The topological polar surface area (TPSA) is 47.0 Å². The van der Waals surface area contributed by atoms with Crippen LogP contribution in [0.1, 0.15) is 6.92 Å². The maximum atomic E-state index is 13.7. The van der Waals surface area contributed by atoms with Crippen LogP contribution in [0, 0.1) is 5.82 Å². The molecular formula is C12H10Cl2FN3O. The number of aromatic nitrogens is 2. The number of halogens is 3. The molecule has 0 spiro atoms. The van der Waals surface area contributed by atoms with Crippen LogP contribution in [0.25, 0.3) is 0 Å². The molecule has 100 valence electrons. The SMILES string of the molecule is CCOc1ccc(Nc2cc(Cl)nnc2Cl)cc1F. The van der Waals surface area contributed by atoms with E-state index >= 15 is 0 Å². The summed E-state index contributed by atoms with van der Waals surface area (Å²) in [5.74, 6) is -0.263. The standard InChI is InChI=1S/C12H10Cl2FN3O/c1-2-19-10-4-3-7(5-8(10)15)16-9-6-11(13)17-18-12(9)14/h3-6H,2H2,1H3,(H,16,17). The van der Waals surface area contributed by atoms with E-state index in [9.17, 15) is 4.39 Å². The van der Waals surface area contributed by atoms with Crippen LogP contribution in [0.5, 0.6) is 5.75 Å². The molecule has 1 aromatic heterocycles. The summed E-state index contributed by atoms with van der Waals surface area (Å²) in [6.45, 7) is 2.19. The van der Waals surface area contributed by atoms with Crippen LogP contribution in [-0.2, 0) is 0 Å². The maximum Gasteiger partial charge on any atom is 0.175 e. The van der Waals surface area contributed by atoms with Crippen molar-refractivity contribution in [2.45, 2.75) is 6.92 Å². The molecule has 4 nitrogen and oxygen atoms in total. The molecule has 0 radical (unpaired) electrons. The second-order valence-electron chi connectivity index (χ2n) is 3.57. The second kappa shape index (κ2) is 6.04. The Morgan fingerprint density at radius 2 is 2.05 bits per heavy atom. The molecule has 0 fully saturated rings. The smallest absolute Gasteiger partial charge is 0.175 e. The monoisotopic (exact) mass is 301 g/mol. The average Bonchev–Trinajstić information content (AvgIpc) is 2.37. The van der Waals surface area contributed by atoms with Crippen molar-refractivity contribution in [3.63, 3.8) is 0 Å². The van der Waals surface area contributed by atoms with Gasteiger partial charge in [0.1, 0.15) is 0 Å². The van der Waals surface area contributed by atoms with E-state index in [1.165, 1.54) is 18.2 Å². The largest absolute Gasteiger partial charge is 0.491 e. The van der Waals surface area contributed by atoms with Gasteiger partial charge in [-0.3, -0.25) is 0 Å². The summed E-state index contributed by atoms with van der Waals surface area (Å²) >= 11 is 11.6. The summed E-state index contributed by atoms with van der Waals surface area (Å²) < 4.78 is 18.8. The minimum atomic E-state index is -0.462. The summed E-state index contributed by atoms with van der Waals surface area (Å²) in [5, 5.41) is 10.5. The first-order valence-corrected chi connectivity index (χ1v) is 6.24. The van der Waals surface area contributed by atoms with Gasteiger partial charge in [-0.2, -0.15) is 0 Å². The molecule has 0 aliphatic heterocycles. The lowest BCUT2D eigenvalue weighted by molar-refractivity contribution is 0.321. The van der Waals surface area contributed by atoms with Crippen molar-refractivity contribution in [3.8, 4) is 5.75 Å². The van der Waals surface area contributed by atoms with Crippen LogP contribution in [-0.4, -0.2) is 16.8 Å². The summed E-state index contributed by atoms with van der Waals surface area (Å²) in [7, 11) is 0. The lowest BCUT2D eigenvalue weighted by Gasteiger charge is -2.09. The molecule has 0 aliphatic rings. The number of benzene rings is 1. The summed E-state index contributed by atoms with van der Waals surface area (Å²) in [4.78, 5) is 0. The first-order valence-electron chi connectivity index (χ1n) is 5.48. The highest BCUT2D eigenvalue weighted by Crippen LogP contribution is 2.27. The van der Waals surface area contributed by atoms with Crippen molar-refractivity contribution in [3.05, 3.63) is 40.4 Å². The van der Waals surface area contributed by atoms with E-state index in [0.717, 1.165) is 0 Å². The molecular weight excluding hydrogens is 292 g/mol. The fraction of sp³-hybridized carbons (Fsp3) is 0.167. The molecule has 1 aromatic carbocycles.